The Labute approximate surface area is 107 Å². The number of hydrogen-bond acceptors (Lipinski definition) is 3. The number of carbonyl (C=O) groups excluding carboxylic acids is 1. The van der Waals surface area contributed by atoms with Crippen molar-refractivity contribution in [3.8, 4) is 5.75 Å². The standard InChI is InChI=1S/C15H17NO2/c1-15(2,3)14-10(9-17)8-16-13-6-5-11(18-4)7-12(13)14/h5-9H,1-4H3. The number of carbonyl (C=O) groups is 1. The van der Waals surface area contributed by atoms with Gasteiger partial charge in [-0.25, -0.2) is 0 Å². The van der Waals surface area contributed by atoms with Gasteiger partial charge in [-0.05, 0) is 29.2 Å². The molecule has 0 fully saturated rings. The maximum absolute atomic E-state index is 11.2. The van der Waals surface area contributed by atoms with Gasteiger partial charge in [-0.2, -0.15) is 0 Å². The summed E-state index contributed by atoms with van der Waals surface area (Å²) in [6, 6.07) is 5.73. The number of methoxy groups -OCH3 is 1. The van der Waals surface area contributed by atoms with Crippen molar-refractivity contribution in [2.24, 2.45) is 0 Å². The van der Waals surface area contributed by atoms with Gasteiger partial charge < -0.3 is 4.74 Å². The smallest absolute Gasteiger partial charge is 0.151 e. The third kappa shape index (κ3) is 2.08. The minimum absolute atomic E-state index is 0.121. The Morgan fingerprint density at radius 2 is 2.00 bits per heavy atom. The highest BCUT2D eigenvalue weighted by Gasteiger charge is 2.21. The van der Waals surface area contributed by atoms with Gasteiger partial charge in [-0.3, -0.25) is 9.78 Å². The normalized spacial score (nSPS) is 11.6. The van der Waals surface area contributed by atoms with Gasteiger partial charge in [0.1, 0.15) is 5.75 Å². The minimum atomic E-state index is -0.121. The zero-order chi connectivity index (χ0) is 13.3. The molecule has 18 heavy (non-hydrogen) atoms. The van der Waals surface area contributed by atoms with E-state index < -0.39 is 0 Å². The first kappa shape index (κ1) is 12.6. The average Bonchev–Trinajstić information content (AvgIpc) is 2.35. The molecule has 0 spiro atoms. The number of aldehydes is 1. The Kier molecular flexibility index (Phi) is 3.07. The first-order chi connectivity index (χ1) is 8.47. The van der Waals surface area contributed by atoms with Crippen LogP contribution in [0.2, 0.25) is 0 Å². The highest BCUT2D eigenvalue weighted by Crippen LogP contribution is 2.33. The largest absolute Gasteiger partial charge is 0.497 e. The molecule has 1 aromatic heterocycles. The second-order valence-corrected chi connectivity index (χ2v) is 5.34. The van der Waals surface area contributed by atoms with Gasteiger partial charge in [0.25, 0.3) is 0 Å². The van der Waals surface area contributed by atoms with Crippen molar-refractivity contribution in [1.29, 1.82) is 0 Å². The van der Waals surface area contributed by atoms with Crippen molar-refractivity contribution in [2.45, 2.75) is 26.2 Å². The van der Waals surface area contributed by atoms with Crippen molar-refractivity contribution in [1.82, 2.24) is 4.98 Å². The number of fused-ring (bicyclic) bond motifs is 1. The maximum Gasteiger partial charge on any atom is 0.151 e. The zero-order valence-corrected chi connectivity index (χ0v) is 11.2. The molecular formula is C15H17NO2. The van der Waals surface area contributed by atoms with Crippen LogP contribution in [0.15, 0.2) is 24.4 Å². The molecule has 3 heteroatoms. The van der Waals surface area contributed by atoms with Crippen LogP contribution in [0.5, 0.6) is 5.75 Å². The summed E-state index contributed by atoms with van der Waals surface area (Å²) < 4.78 is 5.25. The molecule has 3 nitrogen and oxygen atoms in total. The molecule has 2 rings (SSSR count). The van der Waals surface area contributed by atoms with Crippen LogP contribution in [0, 0.1) is 0 Å². The van der Waals surface area contributed by atoms with Crippen LogP contribution in [-0.4, -0.2) is 18.4 Å². The minimum Gasteiger partial charge on any atom is -0.497 e. The van der Waals surface area contributed by atoms with Crippen LogP contribution >= 0.6 is 0 Å². The quantitative estimate of drug-likeness (QED) is 0.759. The molecule has 0 atom stereocenters. The van der Waals surface area contributed by atoms with Crippen LogP contribution < -0.4 is 4.74 Å². The number of rotatable bonds is 2. The van der Waals surface area contributed by atoms with Crippen LogP contribution in [0.1, 0.15) is 36.7 Å². The maximum atomic E-state index is 11.2. The van der Waals surface area contributed by atoms with Crippen LogP contribution in [0.3, 0.4) is 0 Å². The van der Waals surface area contributed by atoms with Crippen LogP contribution in [-0.2, 0) is 5.41 Å². The predicted molar refractivity (Wildman–Crippen MR) is 72.4 cm³/mol. The molecule has 0 amide bonds. The lowest BCUT2D eigenvalue weighted by molar-refractivity contribution is 0.112. The van der Waals surface area contributed by atoms with Gasteiger partial charge in [0.05, 0.1) is 12.6 Å². The van der Waals surface area contributed by atoms with E-state index in [4.69, 9.17) is 4.74 Å². The Bertz CT molecular complexity index is 597. The highest BCUT2D eigenvalue weighted by molar-refractivity contribution is 5.92. The fourth-order valence-electron chi connectivity index (χ4n) is 2.24. The number of nitrogens with zero attached hydrogens (tertiary/aromatic N) is 1. The molecule has 0 aliphatic heterocycles. The molecular weight excluding hydrogens is 226 g/mol. The summed E-state index contributed by atoms with van der Waals surface area (Å²) in [5.41, 5.74) is 2.42. The van der Waals surface area contributed by atoms with Gasteiger partial charge in [-0.15, -0.1) is 0 Å². The first-order valence-corrected chi connectivity index (χ1v) is 5.90. The van der Waals surface area contributed by atoms with E-state index in [2.05, 4.69) is 25.8 Å². The lowest BCUT2D eigenvalue weighted by Gasteiger charge is -2.23. The molecule has 0 unspecified atom stereocenters. The second-order valence-electron chi connectivity index (χ2n) is 5.34. The summed E-state index contributed by atoms with van der Waals surface area (Å²) in [7, 11) is 1.63. The average molecular weight is 243 g/mol. The monoisotopic (exact) mass is 243 g/mol. The Balaban J connectivity index is 2.87. The molecule has 0 N–H and O–H groups in total. The van der Waals surface area contributed by atoms with E-state index in [0.717, 1.165) is 28.5 Å². The summed E-state index contributed by atoms with van der Waals surface area (Å²) in [6.45, 7) is 6.27. The summed E-state index contributed by atoms with van der Waals surface area (Å²) in [5.74, 6) is 0.776. The first-order valence-electron chi connectivity index (χ1n) is 5.90. The molecule has 0 saturated heterocycles. The Morgan fingerprint density at radius 3 is 2.56 bits per heavy atom. The van der Waals surface area contributed by atoms with Crippen LogP contribution in [0.25, 0.3) is 10.9 Å². The fourth-order valence-corrected chi connectivity index (χ4v) is 2.24. The lowest BCUT2D eigenvalue weighted by Crippen LogP contribution is -2.15. The molecule has 2 aromatic rings. The fraction of sp³-hybridized carbons (Fsp3) is 0.333. The van der Waals surface area contributed by atoms with Gasteiger partial charge in [0.15, 0.2) is 6.29 Å². The highest BCUT2D eigenvalue weighted by atomic mass is 16.5. The predicted octanol–water partition coefficient (Wildman–Crippen LogP) is 3.35. The Hall–Kier alpha value is -1.90. The van der Waals surface area contributed by atoms with Crippen molar-refractivity contribution in [3.63, 3.8) is 0 Å². The molecule has 0 aliphatic carbocycles. The van der Waals surface area contributed by atoms with Crippen molar-refractivity contribution < 1.29 is 9.53 Å². The van der Waals surface area contributed by atoms with Crippen molar-refractivity contribution in [3.05, 3.63) is 35.5 Å². The van der Waals surface area contributed by atoms with Crippen molar-refractivity contribution >= 4 is 17.2 Å². The summed E-state index contributed by atoms with van der Waals surface area (Å²) in [5, 5.41) is 0.978. The van der Waals surface area contributed by atoms with E-state index in [1.807, 2.05) is 18.2 Å². The van der Waals surface area contributed by atoms with Crippen molar-refractivity contribution in [2.75, 3.05) is 7.11 Å². The summed E-state index contributed by atoms with van der Waals surface area (Å²) >= 11 is 0. The summed E-state index contributed by atoms with van der Waals surface area (Å²) in [4.78, 5) is 15.5. The van der Waals surface area contributed by atoms with Gasteiger partial charge in [-0.1, -0.05) is 20.8 Å². The van der Waals surface area contributed by atoms with Crippen LogP contribution in [0.4, 0.5) is 0 Å². The lowest BCUT2D eigenvalue weighted by atomic mass is 9.82. The van der Waals surface area contributed by atoms with Gasteiger partial charge >= 0.3 is 0 Å². The molecule has 0 radical (unpaired) electrons. The van der Waals surface area contributed by atoms with Gasteiger partial charge in [0.2, 0.25) is 0 Å². The third-order valence-corrected chi connectivity index (χ3v) is 2.98. The number of hydrogen-bond donors (Lipinski definition) is 0. The molecule has 1 heterocycles. The molecule has 1 aromatic carbocycles. The zero-order valence-electron chi connectivity index (χ0n) is 11.2. The number of aromatic nitrogens is 1. The van der Waals surface area contributed by atoms with E-state index in [1.165, 1.54) is 0 Å². The molecule has 0 aliphatic rings. The topological polar surface area (TPSA) is 39.2 Å². The SMILES string of the molecule is COc1ccc2ncc(C=O)c(C(C)(C)C)c2c1. The van der Waals surface area contributed by atoms with E-state index in [0.29, 0.717) is 5.56 Å². The van der Waals surface area contributed by atoms with E-state index in [9.17, 15) is 4.79 Å². The molecule has 0 saturated carbocycles. The summed E-state index contributed by atoms with van der Waals surface area (Å²) in [6.07, 6.45) is 2.51. The molecule has 0 bridgehead atoms. The second kappa shape index (κ2) is 4.41. The Morgan fingerprint density at radius 1 is 1.28 bits per heavy atom. The number of ether oxygens (including phenoxy) is 1. The number of pyridine rings is 1. The molecule has 94 valence electrons. The van der Waals surface area contributed by atoms with E-state index in [1.54, 1.807) is 13.3 Å². The van der Waals surface area contributed by atoms with E-state index >= 15 is 0 Å². The third-order valence-electron chi connectivity index (χ3n) is 2.98. The van der Waals surface area contributed by atoms with Gasteiger partial charge in [0, 0.05) is 17.1 Å². The van der Waals surface area contributed by atoms with E-state index in [-0.39, 0.29) is 5.41 Å². The number of benzene rings is 1.